The maximum absolute atomic E-state index is 12.5. The van der Waals surface area contributed by atoms with Crippen molar-refractivity contribution in [3.05, 3.63) is 10.4 Å². The fraction of sp³-hybridized carbons (Fsp3) is 0.889. The van der Waals surface area contributed by atoms with E-state index in [-0.39, 0.29) is 6.04 Å². The van der Waals surface area contributed by atoms with Gasteiger partial charge in [0, 0.05) is 30.6 Å². The first-order valence-electron chi connectivity index (χ1n) is 9.33. The van der Waals surface area contributed by atoms with E-state index in [9.17, 15) is 9.59 Å². The van der Waals surface area contributed by atoms with Crippen LogP contribution in [0, 0.1) is 0 Å². The predicted molar refractivity (Wildman–Crippen MR) is 105 cm³/mol. The highest BCUT2D eigenvalue weighted by atomic mass is 16.6. The predicted octanol–water partition coefficient (Wildman–Crippen LogP) is 4.62. The summed E-state index contributed by atoms with van der Waals surface area (Å²) in [4.78, 5) is 28.6. The Kier molecular flexibility index (Phi) is 10.6. The normalized spacial score (nSPS) is 12.6. The second kappa shape index (κ2) is 11.5. The number of hydrogen-bond acceptors (Lipinski definition) is 5. The molecule has 0 aromatic carbocycles. The molecule has 0 aromatic heterocycles. The molecule has 0 bridgehead atoms. The maximum atomic E-state index is 12.5. The van der Waals surface area contributed by atoms with Crippen LogP contribution in [-0.4, -0.2) is 54.0 Å². The van der Waals surface area contributed by atoms with Crippen LogP contribution < -0.4 is 5.32 Å². The Labute approximate surface area is 162 Å². The Morgan fingerprint density at radius 1 is 1.11 bits per heavy atom. The summed E-state index contributed by atoms with van der Waals surface area (Å²) in [6.07, 6.45) is 1.08. The van der Waals surface area contributed by atoms with Crippen molar-refractivity contribution in [3.8, 4) is 0 Å². The Morgan fingerprint density at radius 2 is 1.70 bits per heavy atom. The Hall–Kier alpha value is -2.15. The van der Waals surface area contributed by atoms with Crippen molar-refractivity contribution in [1.29, 1.82) is 0 Å². The van der Waals surface area contributed by atoms with Gasteiger partial charge in [-0.2, -0.15) is 0 Å². The first-order chi connectivity index (χ1) is 12.4. The number of nitrogens with one attached hydrogen (secondary N) is 1. The second-order valence-electron chi connectivity index (χ2n) is 8.40. The van der Waals surface area contributed by atoms with Crippen molar-refractivity contribution >= 4 is 12.2 Å². The highest BCUT2D eigenvalue weighted by molar-refractivity contribution is 5.69. The summed E-state index contributed by atoms with van der Waals surface area (Å²) >= 11 is 0. The average Bonchev–Trinajstić information content (AvgIpc) is 2.46. The third-order valence-electron chi connectivity index (χ3n) is 3.36. The number of alkyl carbamates (subject to hydrolysis) is 1. The fourth-order valence-corrected chi connectivity index (χ4v) is 2.17. The third-order valence-corrected chi connectivity index (χ3v) is 3.36. The Morgan fingerprint density at radius 3 is 2.22 bits per heavy atom. The summed E-state index contributed by atoms with van der Waals surface area (Å²) in [5.41, 5.74) is 7.18. The lowest BCUT2D eigenvalue weighted by Crippen LogP contribution is -2.44. The smallest absolute Gasteiger partial charge is 0.410 e. The lowest BCUT2D eigenvalue weighted by molar-refractivity contribution is 0.0165. The molecule has 9 nitrogen and oxygen atoms in total. The van der Waals surface area contributed by atoms with Gasteiger partial charge in [-0.05, 0) is 73.3 Å². The van der Waals surface area contributed by atoms with Crippen molar-refractivity contribution in [3.63, 3.8) is 0 Å². The average molecular weight is 386 g/mol. The standard InChI is InChI=1S/C18H35N5O4/c1-14(10-12-20-15(24)26-17(2,3)4)23(13-9-8-11-21-22-19)16(25)27-18(5,6)7/h14H,8-13H2,1-7H3,(H,20,24). The van der Waals surface area contributed by atoms with Gasteiger partial charge in [-0.15, -0.1) is 0 Å². The molecule has 27 heavy (non-hydrogen) atoms. The van der Waals surface area contributed by atoms with Gasteiger partial charge in [0.1, 0.15) is 11.2 Å². The highest BCUT2D eigenvalue weighted by Crippen LogP contribution is 2.14. The summed E-state index contributed by atoms with van der Waals surface area (Å²) in [7, 11) is 0. The number of hydrogen-bond donors (Lipinski definition) is 1. The Balaban J connectivity index is 4.65. The minimum Gasteiger partial charge on any atom is -0.444 e. The minimum absolute atomic E-state index is 0.130. The molecule has 0 aliphatic heterocycles. The van der Waals surface area contributed by atoms with Gasteiger partial charge in [0.25, 0.3) is 0 Å². The molecule has 0 aromatic rings. The number of ether oxygens (including phenoxy) is 2. The quantitative estimate of drug-likeness (QED) is 0.270. The number of unbranched alkanes of at least 4 members (excludes halogenated alkanes) is 1. The minimum atomic E-state index is -0.588. The largest absolute Gasteiger partial charge is 0.444 e. The van der Waals surface area contributed by atoms with Crippen LogP contribution in [0.2, 0.25) is 0 Å². The van der Waals surface area contributed by atoms with E-state index in [1.54, 1.807) is 25.7 Å². The van der Waals surface area contributed by atoms with E-state index in [0.717, 1.165) is 0 Å². The lowest BCUT2D eigenvalue weighted by atomic mass is 10.1. The van der Waals surface area contributed by atoms with Gasteiger partial charge in [-0.3, -0.25) is 0 Å². The molecule has 0 saturated carbocycles. The molecule has 0 aliphatic carbocycles. The van der Waals surface area contributed by atoms with Gasteiger partial charge in [-0.25, -0.2) is 9.59 Å². The van der Waals surface area contributed by atoms with E-state index >= 15 is 0 Å². The zero-order chi connectivity index (χ0) is 21.1. The lowest BCUT2D eigenvalue weighted by Gasteiger charge is -2.32. The number of carbonyl (C=O) groups is 2. The van der Waals surface area contributed by atoms with Gasteiger partial charge in [0.05, 0.1) is 0 Å². The molecule has 1 N–H and O–H groups in total. The molecule has 0 fully saturated rings. The van der Waals surface area contributed by atoms with Gasteiger partial charge in [-0.1, -0.05) is 5.11 Å². The van der Waals surface area contributed by atoms with Gasteiger partial charge in [0.15, 0.2) is 0 Å². The molecule has 9 heteroatoms. The molecule has 156 valence electrons. The van der Waals surface area contributed by atoms with Crippen LogP contribution in [0.4, 0.5) is 9.59 Å². The van der Waals surface area contributed by atoms with Crippen LogP contribution in [0.5, 0.6) is 0 Å². The molecule has 1 atom stereocenters. The highest BCUT2D eigenvalue weighted by Gasteiger charge is 2.25. The van der Waals surface area contributed by atoms with Crippen LogP contribution in [0.1, 0.15) is 67.7 Å². The van der Waals surface area contributed by atoms with E-state index in [2.05, 4.69) is 15.3 Å². The van der Waals surface area contributed by atoms with Crippen molar-refractivity contribution < 1.29 is 19.1 Å². The van der Waals surface area contributed by atoms with Crippen molar-refractivity contribution in [2.24, 2.45) is 5.11 Å². The first kappa shape index (κ1) is 24.8. The van der Waals surface area contributed by atoms with E-state index in [0.29, 0.717) is 38.9 Å². The number of carbonyl (C=O) groups excluding carboxylic acids is 2. The number of rotatable bonds is 9. The molecule has 0 spiro atoms. The van der Waals surface area contributed by atoms with Gasteiger partial charge >= 0.3 is 12.2 Å². The third kappa shape index (κ3) is 13.7. The molecule has 2 amide bonds. The summed E-state index contributed by atoms with van der Waals surface area (Å²) in [5.74, 6) is 0. The second-order valence-corrected chi connectivity index (χ2v) is 8.40. The summed E-state index contributed by atoms with van der Waals surface area (Å²) in [6, 6.07) is -0.130. The van der Waals surface area contributed by atoms with Crippen molar-refractivity contribution in [2.75, 3.05) is 19.6 Å². The molecule has 0 aliphatic rings. The maximum Gasteiger partial charge on any atom is 0.410 e. The van der Waals surface area contributed by atoms with Gasteiger partial charge in [0.2, 0.25) is 0 Å². The molecular weight excluding hydrogens is 350 g/mol. The first-order valence-corrected chi connectivity index (χ1v) is 9.33. The molecule has 0 rings (SSSR count). The number of amides is 2. The summed E-state index contributed by atoms with van der Waals surface area (Å²) < 4.78 is 10.7. The fourth-order valence-electron chi connectivity index (χ4n) is 2.17. The summed E-state index contributed by atoms with van der Waals surface area (Å²) in [5, 5.41) is 6.20. The SMILES string of the molecule is CC(CCNC(=O)OC(C)(C)C)N(CCCCN=[N+]=[N-])C(=O)OC(C)(C)C. The van der Waals surface area contributed by atoms with E-state index < -0.39 is 23.4 Å². The Bertz CT molecular complexity index is 519. The zero-order valence-corrected chi connectivity index (χ0v) is 17.7. The van der Waals surface area contributed by atoms with Crippen LogP contribution >= 0.6 is 0 Å². The topological polar surface area (TPSA) is 117 Å². The van der Waals surface area contributed by atoms with Gasteiger partial charge < -0.3 is 19.7 Å². The van der Waals surface area contributed by atoms with Crippen LogP contribution in [0.25, 0.3) is 10.4 Å². The van der Waals surface area contributed by atoms with Crippen LogP contribution in [0.3, 0.4) is 0 Å². The number of azide groups is 1. The monoisotopic (exact) mass is 385 g/mol. The van der Waals surface area contributed by atoms with E-state index in [1.165, 1.54) is 0 Å². The number of nitrogens with zero attached hydrogens (tertiary/aromatic N) is 4. The van der Waals surface area contributed by atoms with Crippen LogP contribution in [-0.2, 0) is 9.47 Å². The van der Waals surface area contributed by atoms with E-state index in [4.69, 9.17) is 15.0 Å². The van der Waals surface area contributed by atoms with Crippen molar-refractivity contribution in [1.82, 2.24) is 10.2 Å². The molecule has 1 unspecified atom stereocenters. The van der Waals surface area contributed by atoms with Crippen molar-refractivity contribution in [2.45, 2.75) is 85.0 Å². The van der Waals surface area contributed by atoms with E-state index in [1.807, 2.05) is 27.7 Å². The summed E-state index contributed by atoms with van der Waals surface area (Å²) in [6.45, 7) is 14.0. The molecule has 0 heterocycles. The van der Waals surface area contributed by atoms with Crippen LogP contribution in [0.15, 0.2) is 5.11 Å². The molecule has 0 radical (unpaired) electrons. The molecular formula is C18H35N5O4. The zero-order valence-electron chi connectivity index (χ0n) is 17.7. The molecule has 0 saturated heterocycles.